The summed E-state index contributed by atoms with van der Waals surface area (Å²) in [6.07, 6.45) is 0. The highest BCUT2D eigenvalue weighted by molar-refractivity contribution is 6.46. The minimum Gasteiger partial charge on any atom is -0.350 e. The molecule has 0 atom stereocenters. The number of hydrogen-bond donors (Lipinski definition) is 1. The fourth-order valence-corrected chi connectivity index (χ4v) is 3.83. The van der Waals surface area contributed by atoms with Crippen LogP contribution in [0.2, 0.25) is 0 Å². The zero-order valence-corrected chi connectivity index (χ0v) is 19.2. The van der Waals surface area contributed by atoms with Crippen molar-refractivity contribution in [2.45, 2.75) is 40.0 Å². The van der Waals surface area contributed by atoms with Crippen LogP contribution in [0.1, 0.15) is 43.0 Å². The Morgan fingerprint density at radius 2 is 1.41 bits per heavy atom. The van der Waals surface area contributed by atoms with Gasteiger partial charge in [0.1, 0.15) is 5.70 Å². The third-order valence-electron chi connectivity index (χ3n) is 5.70. The molecular formula is C28H28N2O2. The number of anilines is 2. The van der Waals surface area contributed by atoms with Crippen LogP contribution >= 0.6 is 0 Å². The van der Waals surface area contributed by atoms with E-state index in [1.807, 2.05) is 80.6 Å². The third kappa shape index (κ3) is 4.09. The Hall–Kier alpha value is -3.66. The molecule has 2 amide bonds. The lowest BCUT2D eigenvalue weighted by Gasteiger charge is -2.19. The predicted octanol–water partition coefficient (Wildman–Crippen LogP) is 6.00. The summed E-state index contributed by atoms with van der Waals surface area (Å²) in [4.78, 5) is 28.3. The first-order valence-electron chi connectivity index (χ1n) is 10.8. The first-order chi connectivity index (χ1) is 15.1. The highest BCUT2D eigenvalue weighted by Gasteiger charge is 2.40. The van der Waals surface area contributed by atoms with Crippen molar-refractivity contribution in [3.8, 4) is 0 Å². The van der Waals surface area contributed by atoms with Gasteiger partial charge in [0.25, 0.3) is 11.8 Å². The van der Waals surface area contributed by atoms with Crippen molar-refractivity contribution in [1.82, 2.24) is 0 Å². The SMILES string of the molecule is Cc1ccc(C2=C(Nc3ccc(C(C)(C)C)cc3)C(=O)N(c3cccc(C)c3)C2=O)cc1. The van der Waals surface area contributed by atoms with Crippen molar-refractivity contribution in [1.29, 1.82) is 0 Å². The van der Waals surface area contributed by atoms with Gasteiger partial charge in [-0.2, -0.15) is 0 Å². The number of carbonyl (C=O) groups is 2. The fourth-order valence-electron chi connectivity index (χ4n) is 3.83. The maximum absolute atomic E-state index is 13.5. The van der Waals surface area contributed by atoms with Gasteiger partial charge in [-0.05, 0) is 60.2 Å². The first kappa shape index (κ1) is 21.6. The average Bonchev–Trinajstić information content (AvgIpc) is 2.98. The second kappa shape index (κ2) is 8.12. The maximum atomic E-state index is 13.5. The maximum Gasteiger partial charge on any atom is 0.282 e. The number of nitrogens with one attached hydrogen (secondary N) is 1. The van der Waals surface area contributed by atoms with E-state index < -0.39 is 0 Å². The van der Waals surface area contributed by atoms with Crippen LogP contribution in [-0.2, 0) is 15.0 Å². The summed E-state index contributed by atoms with van der Waals surface area (Å²) in [5, 5.41) is 3.24. The quantitative estimate of drug-likeness (QED) is 0.523. The van der Waals surface area contributed by atoms with Crippen molar-refractivity contribution in [2.24, 2.45) is 0 Å². The number of benzene rings is 3. The minimum atomic E-state index is -0.351. The standard InChI is InChI=1S/C28H28N2O2/c1-18-9-11-20(12-10-18)24-25(29-22-15-13-21(14-16-22)28(3,4)5)27(32)30(26(24)31)23-8-6-7-19(2)17-23/h6-17,29H,1-5H3. The molecule has 0 bridgehead atoms. The Bertz CT molecular complexity index is 1210. The van der Waals surface area contributed by atoms with Crippen LogP contribution in [0.5, 0.6) is 0 Å². The molecule has 4 nitrogen and oxygen atoms in total. The summed E-state index contributed by atoms with van der Waals surface area (Å²) in [6, 6.07) is 23.1. The Morgan fingerprint density at radius 3 is 2.00 bits per heavy atom. The molecule has 0 saturated heterocycles. The molecule has 1 aliphatic rings. The summed E-state index contributed by atoms with van der Waals surface area (Å²) in [5.74, 6) is -0.672. The lowest BCUT2D eigenvalue weighted by molar-refractivity contribution is -0.120. The van der Waals surface area contributed by atoms with Crippen LogP contribution < -0.4 is 10.2 Å². The number of imide groups is 1. The molecule has 0 spiro atoms. The Morgan fingerprint density at radius 1 is 0.750 bits per heavy atom. The topological polar surface area (TPSA) is 49.4 Å². The summed E-state index contributed by atoms with van der Waals surface area (Å²) in [7, 11) is 0. The van der Waals surface area contributed by atoms with E-state index in [-0.39, 0.29) is 17.2 Å². The smallest absolute Gasteiger partial charge is 0.282 e. The van der Waals surface area contributed by atoms with Crippen molar-refractivity contribution >= 4 is 28.8 Å². The van der Waals surface area contributed by atoms with E-state index in [0.29, 0.717) is 17.0 Å². The molecule has 4 heteroatoms. The zero-order valence-electron chi connectivity index (χ0n) is 19.2. The Kier molecular flexibility index (Phi) is 5.47. The molecule has 1 N–H and O–H groups in total. The van der Waals surface area contributed by atoms with Crippen molar-refractivity contribution in [3.63, 3.8) is 0 Å². The predicted molar refractivity (Wildman–Crippen MR) is 131 cm³/mol. The van der Waals surface area contributed by atoms with E-state index >= 15 is 0 Å². The van der Waals surface area contributed by atoms with Crippen LogP contribution in [0.4, 0.5) is 11.4 Å². The van der Waals surface area contributed by atoms with Gasteiger partial charge in [0, 0.05) is 5.69 Å². The fraction of sp³-hybridized carbons (Fsp3) is 0.214. The minimum absolute atomic E-state index is 0.0337. The highest BCUT2D eigenvalue weighted by atomic mass is 16.2. The van der Waals surface area contributed by atoms with Crippen molar-refractivity contribution < 1.29 is 9.59 Å². The van der Waals surface area contributed by atoms with Gasteiger partial charge >= 0.3 is 0 Å². The molecule has 1 heterocycles. The molecule has 4 rings (SSSR count). The second-order valence-corrected chi connectivity index (χ2v) is 9.35. The molecule has 3 aromatic rings. The zero-order chi connectivity index (χ0) is 23.0. The van der Waals surface area contributed by atoms with Gasteiger partial charge in [-0.3, -0.25) is 9.59 Å². The number of rotatable bonds is 4. The molecular weight excluding hydrogens is 396 g/mol. The molecule has 0 aliphatic carbocycles. The van der Waals surface area contributed by atoms with Gasteiger partial charge in [-0.15, -0.1) is 0 Å². The van der Waals surface area contributed by atoms with Crippen LogP contribution in [-0.4, -0.2) is 11.8 Å². The van der Waals surface area contributed by atoms with E-state index in [1.165, 1.54) is 10.5 Å². The summed E-state index contributed by atoms with van der Waals surface area (Å²) in [6.45, 7) is 10.4. The summed E-state index contributed by atoms with van der Waals surface area (Å²) >= 11 is 0. The molecule has 3 aromatic carbocycles. The van der Waals surface area contributed by atoms with Gasteiger partial charge in [0.2, 0.25) is 0 Å². The third-order valence-corrected chi connectivity index (χ3v) is 5.70. The lowest BCUT2D eigenvalue weighted by Crippen LogP contribution is -2.32. The van der Waals surface area contributed by atoms with Gasteiger partial charge < -0.3 is 5.32 Å². The molecule has 0 unspecified atom stereocenters. The molecule has 1 aliphatic heterocycles. The lowest BCUT2D eigenvalue weighted by atomic mass is 9.87. The normalized spacial score (nSPS) is 14.3. The van der Waals surface area contributed by atoms with E-state index in [4.69, 9.17) is 0 Å². The van der Waals surface area contributed by atoms with Gasteiger partial charge in [0.15, 0.2) is 0 Å². The van der Waals surface area contributed by atoms with E-state index in [0.717, 1.165) is 22.4 Å². The Labute approximate surface area is 189 Å². The van der Waals surface area contributed by atoms with E-state index in [1.54, 1.807) is 6.07 Å². The molecule has 32 heavy (non-hydrogen) atoms. The van der Waals surface area contributed by atoms with Crippen LogP contribution in [0.15, 0.2) is 78.5 Å². The molecule has 0 radical (unpaired) electrons. The molecule has 162 valence electrons. The molecule has 0 fully saturated rings. The van der Waals surface area contributed by atoms with Crippen molar-refractivity contribution in [2.75, 3.05) is 10.2 Å². The number of hydrogen-bond acceptors (Lipinski definition) is 3. The highest BCUT2D eigenvalue weighted by Crippen LogP contribution is 2.34. The molecule has 0 saturated carbocycles. The Balaban J connectivity index is 1.78. The number of carbonyl (C=O) groups excluding carboxylic acids is 2. The van der Waals surface area contributed by atoms with Crippen LogP contribution in [0.25, 0.3) is 5.57 Å². The van der Waals surface area contributed by atoms with Gasteiger partial charge in [-0.1, -0.05) is 74.9 Å². The summed E-state index contributed by atoms with van der Waals surface area (Å²) in [5.41, 5.74) is 6.05. The van der Waals surface area contributed by atoms with Gasteiger partial charge in [-0.25, -0.2) is 4.90 Å². The van der Waals surface area contributed by atoms with Crippen LogP contribution in [0, 0.1) is 13.8 Å². The summed E-state index contributed by atoms with van der Waals surface area (Å²) < 4.78 is 0. The first-order valence-corrected chi connectivity index (χ1v) is 10.8. The number of aryl methyl sites for hydroxylation is 2. The van der Waals surface area contributed by atoms with Crippen LogP contribution in [0.3, 0.4) is 0 Å². The molecule has 0 aromatic heterocycles. The van der Waals surface area contributed by atoms with E-state index in [9.17, 15) is 9.59 Å². The van der Waals surface area contributed by atoms with Crippen molar-refractivity contribution in [3.05, 3.63) is 101 Å². The number of amides is 2. The monoisotopic (exact) mass is 424 g/mol. The van der Waals surface area contributed by atoms with Gasteiger partial charge in [0.05, 0.1) is 11.3 Å². The largest absolute Gasteiger partial charge is 0.350 e. The second-order valence-electron chi connectivity index (χ2n) is 9.35. The average molecular weight is 425 g/mol. The number of nitrogens with zero attached hydrogens (tertiary/aromatic N) is 1. The van der Waals surface area contributed by atoms with E-state index in [2.05, 4.69) is 26.1 Å².